The number of nitrogens with zero attached hydrogens (tertiary/aromatic N) is 3. The fourth-order valence-corrected chi connectivity index (χ4v) is 2.97. The Kier molecular flexibility index (Phi) is 2.48. The normalized spacial score (nSPS) is 11.2. The molecule has 3 aromatic rings. The molecule has 0 aliphatic heterocycles. The van der Waals surface area contributed by atoms with Gasteiger partial charge in [-0.2, -0.15) is 0 Å². The van der Waals surface area contributed by atoms with Crippen molar-refractivity contribution in [3.8, 4) is 11.3 Å². The summed E-state index contributed by atoms with van der Waals surface area (Å²) in [5.41, 5.74) is 2.70. The van der Waals surface area contributed by atoms with E-state index in [9.17, 15) is 4.39 Å². The van der Waals surface area contributed by atoms with E-state index in [0.717, 1.165) is 25.8 Å². The van der Waals surface area contributed by atoms with Crippen LogP contribution in [0.25, 0.3) is 16.2 Å². The van der Waals surface area contributed by atoms with Crippen molar-refractivity contribution in [1.29, 1.82) is 0 Å². The Hall–Kier alpha value is -1.27. The molecule has 6 heteroatoms. The molecule has 0 bridgehead atoms. The maximum Gasteiger partial charge on any atom is 0.213 e. The van der Waals surface area contributed by atoms with E-state index < -0.39 is 0 Å². The molecule has 0 unspecified atom stereocenters. The van der Waals surface area contributed by atoms with Gasteiger partial charge in [0, 0.05) is 5.56 Å². The molecule has 0 amide bonds. The molecule has 0 fully saturated rings. The van der Waals surface area contributed by atoms with Crippen LogP contribution >= 0.6 is 27.3 Å². The van der Waals surface area contributed by atoms with Crippen LogP contribution < -0.4 is 0 Å². The Morgan fingerprint density at radius 1 is 1.29 bits per heavy atom. The molecule has 86 valence electrons. The number of rotatable bonds is 1. The van der Waals surface area contributed by atoms with E-state index in [1.165, 1.54) is 23.5 Å². The molecule has 3 nitrogen and oxygen atoms in total. The summed E-state index contributed by atoms with van der Waals surface area (Å²) in [6, 6.07) is 6.32. The minimum absolute atomic E-state index is 0.242. The summed E-state index contributed by atoms with van der Waals surface area (Å²) in [7, 11) is 0. The first-order chi connectivity index (χ1) is 8.15. The van der Waals surface area contributed by atoms with Gasteiger partial charge in [-0.3, -0.25) is 0 Å². The molecule has 3 rings (SSSR count). The van der Waals surface area contributed by atoms with Gasteiger partial charge in [-0.15, -0.1) is 5.10 Å². The highest BCUT2D eigenvalue weighted by atomic mass is 79.9. The first kappa shape index (κ1) is 10.9. The fraction of sp³-hybridized carbons (Fsp3) is 0.0909. The van der Waals surface area contributed by atoms with Gasteiger partial charge >= 0.3 is 0 Å². The molecule has 0 aliphatic rings. The number of imidazole rings is 1. The highest BCUT2D eigenvalue weighted by molar-refractivity contribution is 9.11. The van der Waals surface area contributed by atoms with Gasteiger partial charge in [0.15, 0.2) is 3.92 Å². The van der Waals surface area contributed by atoms with Crippen molar-refractivity contribution in [2.75, 3.05) is 0 Å². The van der Waals surface area contributed by atoms with Crippen LogP contribution in [0.1, 0.15) is 5.69 Å². The van der Waals surface area contributed by atoms with Gasteiger partial charge in [-0.25, -0.2) is 13.9 Å². The van der Waals surface area contributed by atoms with E-state index in [-0.39, 0.29) is 5.82 Å². The second kappa shape index (κ2) is 3.89. The molecular formula is C11H7BrFN3S. The molecule has 0 saturated carbocycles. The van der Waals surface area contributed by atoms with Crippen LogP contribution in [0.3, 0.4) is 0 Å². The molecular weight excluding hydrogens is 305 g/mol. The van der Waals surface area contributed by atoms with Gasteiger partial charge in [-0.05, 0) is 47.1 Å². The summed E-state index contributed by atoms with van der Waals surface area (Å²) in [5, 5.41) is 4.29. The molecule has 0 atom stereocenters. The summed E-state index contributed by atoms with van der Waals surface area (Å²) in [6.07, 6.45) is 0. The van der Waals surface area contributed by atoms with E-state index in [4.69, 9.17) is 0 Å². The average molecular weight is 312 g/mol. The topological polar surface area (TPSA) is 30.2 Å². The lowest BCUT2D eigenvalue weighted by Gasteiger charge is -1.98. The van der Waals surface area contributed by atoms with Crippen LogP contribution in [0.2, 0.25) is 0 Å². The molecule has 2 aromatic heterocycles. The SMILES string of the molecule is Cc1c(-c2ccc(F)cc2)nc2sc(Br)nn12. The van der Waals surface area contributed by atoms with E-state index in [2.05, 4.69) is 26.0 Å². The van der Waals surface area contributed by atoms with Gasteiger partial charge in [0.25, 0.3) is 0 Å². The number of aromatic nitrogens is 3. The number of fused-ring (bicyclic) bond motifs is 1. The van der Waals surface area contributed by atoms with Crippen molar-refractivity contribution in [2.24, 2.45) is 0 Å². The molecule has 0 aliphatic carbocycles. The van der Waals surface area contributed by atoms with Crippen LogP contribution in [0.5, 0.6) is 0 Å². The van der Waals surface area contributed by atoms with Crippen molar-refractivity contribution < 1.29 is 4.39 Å². The average Bonchev–Trinajstić information content (AvgIpc) is 2.79. The molecule has 1 aromatic carbocycles. The van der Waals surface area contributed by atoms with Gasteiger partial charge in [-0.1, -0.05) is 11.3 Å². The Balaban J connectivity index is 2.20. The van der Waals surface area contributed by atoms with E-state index in [1.807, 2.05) is 6.92 Å². The van der Waals surface area contributed by atoms with Crippen molar-refractivity contribution in [1.82, 2.24) is 14.6 Å². The zero-order valence-corrected chi connectivity index (χ0v) is 11.2. The zero-order valence-electron chi connectivity index (χ0n) is 8.82. The minimum atomic E-state index is -0.242. The maximum atomic E-state index is 12.9. The van der Waals surface area contributed by atoms with Gasteiger partial charge in [0.05, 0.1) is 11.4 Å². The van der Waals surface area contributed by atoms with Crippen LogP contribution in [-0.2, 0) is 0 Å². The molecule has 0 N–H and O–H groups in total. The molecule has 17 heavy (non-hydrogen) atoms. The Morgan fingerprint density at radius 2 is 2.00 bits per heavy atom. The highest BCUT2D eigenvalue weighted by Crippen LogP contribution is 2.28. The van der Waals surface area contributed by atoms with Crippen molar-refractivity contribution >= 4 is 32.2 Å². The monoisotopic (exact) mass is 311 g/mol. The van der Waals surface area contributed by atoms with Gasteiger partial charge in [0.1, 0.15) is 5.82 Å². The smallest absolute Gasteiger partial charge is 0.213 e. The Morgan fingerprint density at radius 3 is 2.65 bits per heavy atom. The second-order valence-electron chi connectivity index (χ2n) is 3.60. The van der Waals surface area contributed by atoms with Crippen LogP contribution in [0.4, 0.5) is 4.39 Å². The van der Waals surface area contributed by atoms with Crippen molar-refractivity contribution in [2.45, 2.75) is 6.92 Å². The predicted octanol–water partition coefficient (Wildman–Crippen LogP) is 3.67. The summed E-state index contributed by atoms with van der Waals surface area (Å²) in [6.45, 7) is 1.95. The quantitative estimate of drug-likeness (QED) is 0.686. The van der Waals surface area contributed by atoms with Crippen LogP contribution in [0.15, 0.2) is 28.2 Å². The highest BCUT2D eigenvalue weighted by Gasteiger charge is 2.13. The molecule has 2 heterocycles. The third-order valence-corrected chi connectivity index (χ3v) is 3.86. The lowest BCUT2D eigenvalue weighted by atomic mass is 10.1. The van der Waals surface area contributed by atoms with Crippen LogP contribution in [0, 0.1) is 12.7 Å². The fourth-order valence-electron chi connectivity index (χ4n) is 1.71. The first-order valence-electron chi connectivity index (χ1n) is 4.93. The lowest BCUT2D eigenvalue weighted by Crippen LogP contribution is -1.88. The number of benzene rings is 1. The standard InChI is InChI=1S/C11H7BrFN3S/c1-6-9(7-2-4-8(13)5-3-7)14-11-16(6)15-10(12)17-11/h2-5H,1H3. The summed E-state index contributed by atoms with van der Waals surface area (Å²) < 4.78 is 15.4. The lowest BCUT2D eigenvalue weighted by molar-refractivity contribution is 0.628. The first-order valence-corrected chi connectivity index (χ1v) is 6.54. The third kappa shape index (κ3) is 1.77. The van der Waals surface area contributed by atoms with Gasteiger partial charge in [0.2, 0.25) is 4.96 Å². The second-order valence-corrected chi connectivity index (χ2v) is 5.83. The summed E-state index contributed by atoms with van der Waals surface area (Å²) in [4.78, 5) is 5.33. The third-order valence-electron chi connectivity index (χ3n) is 2.52. The largest absolute Gasteiger partial charge is 0.217 e. The molecule has 0 saturated heterocycles. The zero-order chi connectivity index (χ0) is 12.0. The molecule has 0 radical (unpaired) electrons. The van der Waals surface area contributed by atoms with Crippen LogP contribution in [-0.4, -0.2) is 14.6 Å². The molecule has 0 spiro atoms. The number of aryl methyl sites for hydroxylation is 1. The van der Waals surface area contributed by atoms with E-state index >= 15 is 0 Å². The van der Waals surface area contributed by atoms with E-state index in [1.54, 1.807) is 16.6 Å². The number of hydrogen-bond acceptors (Lipinski definition) is 3. The Bertz CT molecular complexity index is 687. The van der Waals surface area contributed by atoms with E-state index in [0.29, 0.717) is 0 Å². The van der Waals surface area contributed by atoms with Gasteiger partial charge < -0.3 is 0 Å². The maximum absolute atomic E-state index is 12.9. The minimum Gasteiger partial charge on any atom is -0.217 e. The number of hydrogen-bond donors (Lipinski definition) is 0. The van der Waals surface area contributed by atoms with Crippen molar-refractivity contribution in [3.63, 3.8) is 0 Å². The Labute approximate surface area is 109 Å². The number of halogens is 2. The summed E-state index contributed by atoms with van der Waals surface area (Å²) >= 11 is 4.79. The summed E-state index contributed by atoms with van der Waals surface area (Å²) in [5.74, 6) is -0.242. The van der Waals surface area contributed by atoms with Crippen molar-refractivity contribution in [3.05, 3.63) is 39.7 Å². The predicted molar refractivity (Wildman–Crippen MR) is 68.7 cm³/mol.